The van der Waals surface area contributed by atoms with Gasteiger partial charge in [-0.05, 0) is 43.5 Å². The summed E-state index contributed by atoms with van der Waals surface area (Å²) in [6.45, 7) is 2.52. The smallest absolute Gasteiger partial charge is 0.217 e. The minimum Gasteiger partial charge on any atom is -0.370 e. The number of piperidine rings is 1. The van der Waals surface area contributed by atoms with Gasteiger partial charge < -0.3 is 11.5 Å². The van der Waals surface area contributed by atoms with Gasteiger partial charge in [0.1, 0.15) is 0 Å². The second-order valence-electron chi connectivity index (χ2n) is 5.19. The van der Waals surface area contributed by atoms with Crippen LogP contribution in [0.1, 0.15) is 30.9 Å². The highest BCUT2D eigenvalue weighted by Gasteiger charge is 2.26. The van der Waals surface area contributed by atoms with Gasteiger partial charge in [0.2, 0.25) is 5.91 Å². The molecule has 0 saturated carbocycles. The monoisotopic (exact) mass is 262 g/mol. The summed E-state index contributed by atoms with van der Waals surface area (Å²) in [6.07, 6.45) is 6.19. The predicted molar refractivity (Wildman–Crippen MR) is 74.1 cm³/mol. The van der Waals surface area contributed by atoms with Crippen molar-refractivity contribution in [1.29, 1.82) is 0 Å². The van der Waals surface area contributed by atoms with Crippen LogP contribution in [0, 0.1) is 5.92 Å². The van der Waals surface area contributed by atoms with E-state index in [-0.39, 0.29) is 11.9 Å². The molecule has 1 aromatic rings. The van der Waals surface area contributed by atoms with Crippen LogP contribution < -0.4 is 11.5 Å². The van der Waals surface area contributed by atoms with E-state index in [9.17, 15) is 4.79 Å². The molecule has 0 aliphatic carbocycles. The van der Waals surface area contributed by atoms with Crippen molar-refractivity contribution in [3.63, 3.8) is 0 Å². The number of hydrogen-bond donors (Lipinski definition) is 2. The van der Waals surface area contributed by atoms with Crippen molar-refractivity contribution in [2.75, 3.05) is 19.6 Å². The minimum atomic E-state index is -0.193. The molecule has 1 saturated heterocycles. The fourth-order valence-corrected chi connectivity index (χ4v) is 2.82. The molecule has 1 aliphatic rings. The fourth-order valence-electron chi connectivity index (χ4n) is 2.82. The minimum absolute atomic E-state index is 0.193. The molecule has 0 bridgehead atoms. The molecule has 1 aliphatic heterocycles. The van der Waals surface area contributed by atoms with Crippen molar-refractivity contribution in [2.45, 2.75) is 25.3 Å². The number of carbonyl (C=O) groups is 1. The lowest BCUT2D eigenvalue weighted by Gasteiger charge is -2.37. The van der Waals surface area contributed by atoms with Gasteiger partial charge in [-0.3, -0.25) is 14.7 Å². The van der Waals surface area contributed by atoms with E-state index in [1.54, 1.807) is 6.20 Å². The van der Waals surface area contributed by atoms with Gasteiger partial charge in [-0.15, -0.1) is 0 Å². The Morgan fingerprint density at radius 3 is 2.74 bits per heavy atom. The maximum absolute atomic E-state index is 10.9. The molecule has 5 nitrogen and oxygen atoms in total. The van der Waals surface area contributed by atoms with E-state index in [1.165, 1.54) is 5.56 Å². The van der Waals surface area contributed by atoms with Crippen LogP contribution in [-0.4, -0.2) is 35.4 Å². The molecule has 0 radical (unpaired) electrons. The summed E-state index contributed by atoms with van der Waals surface area (Å²) >= 11 is 0. The molecule has 5 heteroatoms. The summed E-state index contributed by atoms with van der Waals surface area (Å²) < 4.78 is 0. The number of likely N-dealkylation sites (tertiary alicyclic amines) is 1. The molecule has 1 amide bonds. The Morgan fingerprint density at radius 1 is 1.47 bits per heavy atom. The molecular formula is C14H22N4O. The molecule has 0 spiro atoms. The molecule has 2 rings (SSSR count). The van der Waals surface area contributed by atoms with E-state index < -0.39 is 0 Å². The molecule has 1 aromatic heterocycles. The van der Waals surface area contributed by atoms with Crippen LogP contribution in [0.3, 0.4) is 0 Å². The number of nitrogens with two attached hydrogens (primary N) is 2. The Labute approximate surface area is 114 Å². The molecule has 0 aromatic carbocycles. The number of primary amides is 1. The van der Waals surface area contributed by atoms with Gasteiger partial charge in [-0.1, -0.05) is 6.07 Å². The Morgan fingerprint density at radius 2 is 2.21 bits per heavy atom. The number of carbonyl (C=O) groups excluding carboxylic acids is 1. The van der Waals surface area contributed by atoms with Gasteiger partial charge in [0.15, 0.2) is 0 Å². The maximum Gasteiger partial charge on any atom is 0.217 e. The van der Waals surface area contributed by atoms with Gasteiger partial charge in [0.25, 0.3) is 0 Å². The fraction of sp³-hybridized carbons (Fsp3) is 0.571. The summed E-state index contributed by atoms with van der Waals surface area (Å²) in [7, 11) is 0. The summed E-state index contributed by atoms with van der Waals surface area (Å²) in [4.78, 5) is 17.5. The van der Waals surface area contributed by atoms with E-state index in [2.05, 4.69) is 16.0 Å². The standard InChI is InChI=1S/C14H22N4O/c15-9-13(12-2-1-5-17-10-12)18-6-3-11(4-7-18)8-14(16)19/h1-2,5,10-11,13H,3-4,6-9,15H2,(H2,16,19). The summed E-state index contributed by atoms with van der Waals surface area (Å²) in [5.41, 5.74) is 12.3. The molecule has 4 N–H and O–H groups in total. The summed E-state index contributed by atoms with van der Waals surface area (Å²) in [5.74, 6) is 0.238. The second kappa shape index (κ2) is 6.63. The average molecular weight is 262 g/mol. The Bertz CT molecular complexity index is 401. The zero-order valence-corrected chi connectivity index (χ0v) is 11.2. The van der Waals surface area contributed by atoms with E-state index in [1.807, 2.05) is 12.3 Å². The van der Waals surface area contributed by atoms with Crippen LogP contribution in [0.25, 0.3) is 0 Å². The molecule has 1 atom stereocenters. The van der Waals surface area contributed by atoms with E-state index in [0.717, 1.165) is 25.9 Å². The Hall–Kier alpha value is -1.46. The SMILES string of the molecule is NCC(c1cccnc1)N1CCC(CC(N)=O)CC1. The van der Waals surface area contributed by atoms with Gasteiger partial charge in [-0.25, -0.2) is 0 Å². The Balaban J connectivity index is 1.94. The van der Waals surface area contributed by atoms with Crippen LogP contribution in [0.4, 0.5) is 0 Å². The zero-order valence-electron chi connectivity index (χ0n) is 11.2. The third-order valence-corrected chi connectivity index (χ3v) is 3.87. The average Bonchev–Trinajstić information content (AvgIpc) is 2.42. The van der Waals surface area contributed by atoms with Gasteiger partial charge in [0, 0.05) is 31.4 Å². The second-order valence-corrected chi connectivity index (χ2v) is 5.19. The maximum atomic E-state index is 10.9. The molecular weight excluding hydrogens is 240 g/mol. The van der Waals surface area contributed by atoms with Crippen LogP contribution in [0.2, 0.25) is 0 Å². The van der Waals surface area contributed by atoms with Crippen LogP contribution in [0.15, 0.2) is 24.5 Å². The highest BCUT2D eigenvalue weighted by molar-refractivity contribution is 5.73. The predicted octanol–water partition coefficient (Wildman–Crippen LogP) is 0.669. The van der Waals surface area contributed by atoms with Crippen LogP contribution in [0.5, 0.6) is 0 Å². The van der Waals surface area contributed by atoms with Crippen molar-refractivity contribution < 1.29 is 4.79 Å². The summed E-state index contributed by atoms with van der Waals surface area (Å²) in [6, 6.07) is 4.24. The number of rotatable bonds is 5. The van der Waals surface area contributed by atoms with Crippen molar-refractivity contribution in [3.05, 3.63) is 30.1 Å². The van der Waals surface area contributed by atoms with Gasteiger partial charge in [-0.2, -0.15) is 0 Å². The zero-order chi connectivity index (χ0) is 13.7. The molecule has 104 valence electrons. The van der Waals surface area contributed by atoms with Crippen LogP contribution >= 0.6 is 0 Å². The van der Waals surface area contributed by atoms with Crippen LogP contribution in [-0.2, 0) is 4.79 Å². The third kappa shape index (κ3) is 3.75. The third-order valence-electron chi connectivity index (χ3n) is 3.87. The lowest BCUT2D eigenvalue weighted by Crippen LogP contribution is -2.40. The number of nitrogens with zero attached hydrogens (tertiary/aromatic N) is 2. The van der Waals surface area contributed by atoms with Crippen molar-refractivity contribution in [1.82, 2.24) is 9.88 Å². The van der Waals surface area contributed by atoms with E-state index in [0.29, 0.717) is 18.9 Å². The molecule has 2 heterocycles. The quantitative estimate of drug-likeness (QED) is 0.816. The van der Waals surface area contributed by atoms with Gasteiger partial charge in [0.05, 0.1) is 0 Å². The largest absolute Gasteiger partial charge is 0.370 e. The molecule has 1 unspecified atom stereocenters. The van der Waals surface area contributed by atoms with Crippen molar-refractivity contribution >= 4 is 5.91 Å². The Kier molecular flexibility index (Phi) is 4.87. The number of aromatic nitrogens is 1. The normalized spacial score (nSPS) is 19.2. The van der Waals surface area contributed by atoms with Crippen molar-refractivity contribution in [2.24, 2.45) is 17.4 Å². The topological polar surface area (TPSA) is 85.2 Å². The van der Waals surface area contributed by atoms with Crippen molar-refractivity contribution in [3.8, 4) is 0 Å². The lowest BCUT2D eigenvalue weighted by atomic mass is 9.91. The molecule has 19 heavy (non-hydrogen) atoms. The highest BCUT2D eigenvalue weighted by Crippen LogP contribution is 2.27. The number of pyridine rings is 1. The first-order valence-corrected chi connectivity index (χ1v) is 6.83. The first kappa shape index (κ1) is 14.0. The molecule has 1 fully saturated rings. The summed E-state index contributed by atoms with van der Waals surface area (Å²) in [5, 5.41) is 0. The van der Waals surface area contributed by atoms with E-state index in [4.69, 9.17) is 11.5 Å². The first-order valence-electron chi connectivity index (χ1n) is 6.83. The number of amides is 1. The van der Waals surface area contributed by atoms with Gasteiger partial charge >= 0.3 is 0 Å². The lowest BCUT2D eigenvalue weighted by molar-refractivity contribution is -0.119. The van der Waals surface area contributed by atoms with E-state index >= 15 is 0 Å². The highest BCUT2D eigenvalue weighted by atomic mass is 16.1. The number of hydrogen-bond acceptors (Lipinski definition) is 4. The first-order chi connectivity index (χ1) is 9.20.